The van der Waals surface area contributed by atoms with Crippen molar-refractivity contribution in [2.24, 2.45) is 5.10 Å². The molecule has 0 saturated heterocycles. The summed E-state index contributed by atoms with van der Waals surface area (Å²) in [7, 11) is 0. The Labute approximate surface area is 164 Å². The maximum Gasteiger partial charge on any atom is 0.277 e. The van der Waals surface area contributed by atoms with Gasteiger partial charge in [0.25, 0.3) is 5.91 Å². The van der Waals surface area contributed by atoms with Crippen LogP contribution in [0.5, 0.6) is 11.5 Å². The largest absolute Gasteiger partial charge is 0.494 e. The Bertz CT molecular complexity index is 922. The first-order chi connectivity index (χ1) is 13.8. The van der Waals surface area contributed by atoms with Crippen molar-refractivity contribution in [2.45, 2.75) is 6.92 Å². The Kier molecular flexibility index (Phi) is 6.79. The fraction of sp³-hybridized carbons (Fsp3) is 0.130. The van der Waals surface area contributed by atoms with Gasteiger partial charge in [0.2, 0.25) is 0 Å². The van der Waals surface area contributed by atoms with Gasteiger partial charge in [0.05, 0.1) is 12.8 Å². The number of hydrogen-bond donors (Lipinski definition) is 1. The summed E-state index contributed by atoms with van der Waals surface area (Å²) in [5, 5.41) is 3.96. The standard InChI is InChI=1S/C23H22N2O3/c1-2-27-20-14-12-18(13-15-20)16-24-25-23(26)17-28-22-11-7-6-10-21(22)19-8-4-3-5-9-19/h3-16H,2,17H2,1H3,(H,25,26)/b24-16-. The average molecular weight is 374 g/mol. The molecule has 0 spiro atoms. The second-order valence-electron chi connectivity index (χ2n) is 5.95. The lowest BCUT2D eigenvalue weighted by molar-refractivity contribution is -0.123. The SMILES string of the molecule is CCOc1ccc(/C=N\NC(=O)COc2ccccc2-c2ccccc2)cc1. The van der Waals surface area contributed by atoms with Gasteiger partial charge in [-0.2, -0.15) is 5.10 Å². The zero-order valence-corrected chi connectivity index (χ0v) is 15.7. The molecule has 1 N–H and O–H groups in total. The number of nitrogens with one attached hydrogen (secondary N) is 1. The quantitative estimate of drug-likeness (QED) is 0.473. The smallest absolute Gasteiger partial charge is 0.277 e. The van der Waals surface area contributed by atoms with E-state index in [1.807, 2.05) is 85.8 Å². The van der Waals surface area contributed by atoms with Gasteiger partial charge in [-0.05, 0) is 48.4 Å². The van der Waals surface area contributed by atoms with E-state index in [0.29, 0.717) is 12.4 Å². The average Bonchev–Trinajstić information content (AvgIpc) is 2.74. The maximum absolute atomic E-state index is 12.0. The molecular weight excluding hydrogens is 352 g/mol. The van der Waals surface area contributed by atoms with Crippen molar-refractivity contribution in [1.82, 2.24) is 5.43 Å². The van der Waals surface area contributed by atoms with E-state index in [1.54, 1.807) is 6.21 Å². The fourth-order valence-electron chi connectivity index (χ4n) is 2.62. The lowest BCUT2D eigenvalue weighted by atomic mass is 10.1. The Morgan fingerprint density at radius 1 is 0.929 bits per heavy atom. The third-order valence-corrected chi connectivity index (χ3v) is 3.92. The highest BCUT2D eigenvalue weighted by molar-refractivity contribution is 5.83. The van der Waals surface area contributed by atoms with Gasteiger partial charge in [0, 0.05) is 5.56 Å². The second kappa shape index (κ2) is 9.92. The number of ether oxygens (including phenoxy) is 2. The minimum atomic E-state index is -0.329. The van der Waals surface area contributed by atoms with Crippen LogP contribution in [-0.4, -0.2) is 25.3 Å². The number of rotatable bonds is 8. The first-order valence-corrected chi connectivity index (χ1v) is 9.08. The van der Waals surface area contributed by atoms with Gasteiger partial charge in [-0.15, -0.1) is 0 Å². The van der Waals surface area contributed by atoms with Crippen LogP contribution in [0.2, 0.25) is 0 Å². The van der Waals surface area contributed by atoms with E-state index in [1.165, 1.54) is 0 Å². The van der Waals surface area contributed by atoms with Gasteiger partial charge in [0.1, 0.15) is 11.5 Å². The van der Waals surface area contributed by atoms with Crippen molar-refractivity contribution in [3.63, 3.8) is 0 Å². The van der Waals surface area contributed by atoms with E-state index in [9.17, 15) is 4.79 Å². The van der Waals surface area contributed by atoms with Crippen LogP contribution in [-0.2, 0) is 4.79 Å². The van der Waals surface area contributed by atoms with Crippen molar-refractivity contribution in [2.75, 3.05) is 13.2 Å². The molecule has 0 saturated carbocycles. The highest BCUT2D eigenvalue weighted by Gasteiger charge is 2.07. The number of hydrogen-bond acceptors (Lipinski definition) is 4. The molecule has 1 amide bonds. The highest BCUT2D eigenvalue weighted by Crippen LogP contribution is 2.29. The van der Waals surface area contributed by atoms with E-state index in [2.05, 4.69) is 10.5 Å². The summed E-state index contributed by atoms with van der Waals surface area (Å²) in [6.07, 6.45) is 1.57. The molecule has 0 aliphatic carbocycles. The molecule has 28 heavy (non-hydrogen) atoms. The molecular formula is C23H22N2O3. The molecule has 3 aromatic carbocycles. The lowest BCUT2D eigenvalue weighted by Crippen LogP contribution is -2.24. The third kappa shape index (κ3) is 5.45. The second-order valence-corrected chi connectivity index (χ2v) is 5.95. The lowest BCUT2D eigenvalue weighted by Gasteiger charge is -2.10. The number of hydrazone groups is 1. The van der Waals surface area contributed by atoms with Gasteiger partial charge in [-0.3, -0.25) is 4.79 Å². The van der Waals surface area contributed by atoms with Crippen LogP contribution in [0.1, 0.15) is 12.5 Å². The molecule has 0 unspecified atom stereocenters. The molecule has 5 heteroatoms. The molecule has 0 radical (unpaired) electrons. The van der Waals surface area contributed by atoms with Gasteiger partial charge in [-0.25, -0.2) is 5.43 Å². The summed E-state index contributed by atoms with van der Waals surface area (Å²) in [5.41, 5.74) is 5.31. The molecule has 0 aliphatic heterocycles. The minimum Gasteiger partial charge on any atom is -0.494 e. The Morgan fingerprint density at radius 2 is 1.64 bits per heavy atom. The summed E-state index contributed by atoms with van der Waals surface area (Å²) in [4.78, 5) is 12.0. The first kappa shape index (κ1) is 19.2. The molecule has 0 aromatic heterocycles. The van der Waals surface area contributed by atoms with E-state index in [-0.39, 0.29) is 12.5 Å². The molecule has 0 bridgehead atoms. The van der Waals surface area contributed by atoms with Crippen molar-refractivity contribution in [3.05, 3.63) is 84.4 Å². The number of carbonyl (C=O) groups is 1. The zero-order chi connectivity index (χ0) is 19.6. The van der Waals surface area contributed by atoms with E-state index in [4.69, 9.17) is 9.47 Å². The van der Waals surface area contributed by atoms with Gasteiger partial charge in [-0.1, -0.05) is 48.5 Å². The number of carbonyl (C=O) groups excluding carboxylic acids is 1. The summed E-state index contributed by atoms with van der Waals surface area (Å²) in [5.74, 6) is 1.12. The molecule has 0 heterocycles. The van der Waals surface area contributed by atoms with Crippen molar-refractivity contribution >= 4 is 12.1 Å². The van der Waals surface area contributed by atoms with E-state index in [0.717, 1.165) is 22.4 Å². The van der Waals surface area contributed by atoms with Gasteiger partial charge in [0.15, 0.2) is 6.61 Å². The number of amides is 1. The predicted molar refractivity (Wildman–Crippen MR) is 111 cm³/mol. The fourth-order valence-corrected chi connectivity index (χ4v) is 2.62. The Hall–Kier alpha value is -3.60. The summed E-state index contributed by atoms with van der Waals surface area (Å²) in [6.45, 7) is 2.44. The predicted octanol–water partition coefficient (Wildman–Crippen LogP) is 4.28. The van der Waals surface area contributed by atoms with Crippen LogP contribution in [0.25, 0.3) is 11.1 Å². The zero-order valence-electron chi connectivity index (χ0n) is 15.7. The van der Waals surface area contributed by atoms with Gasteiger partial charge < -0.3 is 9.47 Å². The minimum absolute atomic E-state index is 0.121. The molecule has 142 valence electrons. The Balaban J connectivity index is 1.54. The summed E-state index contributed by atoms with van der Waals surface area (Å²) >= 11 is 0. The van der Waals surface area contributed by atoms with Crippen LogP contribution in [0.4, 0.5) is 0 Å². The molecule has 0 aliphatic rings. The molecule has 3 rings (SSSR count). The maximum atomic E-state index is 12.0. The molecule has 0 atom stereocenters. The van der Waals surface area contributed by atoms with Crippen molar-refractivity contribution in [3.8, 4) is 22.6 Å². The van der Waals surface area contributed by atoms with Crippen LogP contribution >= 0.6 is 0 Å². The first-order valence-electron chi connectivity index (χ1n) is 9.08. The normalized spacial score (nSPS) is 10.6. The monoisotopic (exact) mass is 374 g/mol. The van der Waals surface area contributed by atoms with Crippen molar-refractivity contribution < 1.29 is 14.3 Å². The van der Waals surface area contributed by atoms with Crippen LogP contribution in [0, 0.1) is 0 Å². The van der Waals surface area contributed by atoms with Gasteiger partial charge >= 0.3 is 0 Å². The van der Waals surface area contributed by atoms with Crippen LogP contribution in [0.15, 0.2) is 84.0 Å². The summed E-state index contributed by atoms with van der Waals surface area (Å²) < 4.78 is 11.1. The number of benzene rings is 3. The van der Waals surface area contributed by atoms with E-state index < -0.39 is 0 Å². The van der Waals surface area contributed by atoms with Crippen molar-refractivity contribution in [1.29, 1.82) is 0 Å². The molecule has 5 nitrogen and oxygen atoms in total. The molecule has 0 fully saturated rings. The molecule has 3 aromatic rings. The highest BCUT2D eigenvalue weighted by atomic mass is 16.5. The van der Waals surface area contributed by atoms with E-state index >= 15 is 0 Å². The number of para-hydroxylation sites is 1. The summed E-state index contributed by atoms with van der Waals surface area (Å²) in [6, 6.07) is 25.0. The van der Waals surface area contributed by atoms with Crippen LogP contribution in [0.3, 0.4) is 0 Å². The third-order valence-electron chi connectivity index (χ3n) is 3.92. The topological polar surface area (TPSA) is 59.9 Å². The van der Waals surface area contributed by atoms with Crippen LogP contribution < -0.4 is 14.9 Å². The Morgan fingerprint density at radius 3 is 2.39 bits per heavy atom. The number of nitrogens with zero attached hydrogens (tertiary/aromatic N) is 1.